The Morgan fingerprint density at radius 1 is 1.27 bits per heavy atom. The third-order valence-electron chi connectivity index (χ3n) is 3.73. The lowest BCUT2D eigenvalue weighted by atomic mass is 9.93. The van der Waals surface area contributed by atoms with Crippen LogP contribution in [0.3, 0.4) is 0 Å². The molecule has 1 saturated heterocycles. The van der Waals surface area contributed by atoms with Crippen molar-refractivity contribution in [3.8, 4) is 0 Å². The minimum Gasteiger partial charge on any atom is -0.497 e. The largest absolute Gasteiger partial charge is 0.497 e. The van der Waals surface area contributed by atoms with Gasteiger partial charge in [0.2, 0.25) is 0 Å². The van der Waals surface area contributed by atoms with Crippen molar-refractivity contribution >= 4 is 0 Å². The van der Waals surface area contributed by atoms with Crippen molar-refractivity contribution in [3.63, 3.8) is 0 Å². The first-order valence-corrected chi connectivity index (χ1v) is 6.43. The first-order valence-electron chi connectivity index (χ1n) is 6.43. The van der Waals surface area contributed by atoms with Gasteiger partial charge in [0.1, 0.15) is 6.10 Å². The number of ether oxygens (including phenoxy) is 1. The van der Waals surface area contributed by atoms with Crippen molar-refractivity contribution < 1.29 is 4.74 Å². The second kappa shape index (κ2) is 5.55. The van der Waals surface area contributed by atoms with Gasteiger partial charge in [-0.3, -0.25) is 4.90 Å². The molecule has 2 unspecified atom stereocenters. The molecule has 15 heavy (non-hydrogen) atoms. The van der Waals surface area contributed by atoms with Crippen molar-refractivity contribution in [2.45, 2.75) is 45.1 Å². The van der Waals surface area contributed by atoms with E-state index in [0.717, 1.165) is 12.5 Å². The van der Waals surface area contributed by atoms with Gasteiger partial charge in [-0.1, -0.05) is 13.3 Å². The van der Waals surface area contributed by atoms with E-state index in [1.54, 1.807) is 0 Å². The van der Waals surface area contributed by atoms with Crippen LogP contribution in [0.5, 0.6) is 0 Å². The van der Waals surface area contributed by atoms with Gasteiger partial charge in [-0.2, -0.15) is 0 Å². The van der Waals surface area contributed by atoms with Gasteiger partial charge < -0.3 is 4.74 Å². The first-order chi connectivity index (χ1) is 7.40. The number of hydrogen-bond donors (Lipinski definition) is 0. The summed E-state index contributed by atoms with van der Waals surface area (Å²) in [6.07, 6.45) is 11.1. The molecule has 2 rings (SSSR count). The molecule has 2 atom stereocenters. The molecule has 0 aromatic carbocycles. The molecule has 1 fully saturated rings. The molecular formula is C13H23NO. The molecule has 0 spiro atoms. The normalized spacial score (nSPS) is 32.6. The van der Waals surface area contributed by atoms with E-state index in [4.69, 9.17) is 4.74 Å². The molecular weight excluding hydrogens is 186 g/mol. The van der Waals surface area contributed by atoms with E-state index in [1.807, 2.05) is 6.26 Å². The van der Waals surface area contributed by atoms with E-state index in [9.17, 15) is 0 Å². The van der Waals surface area contributed by atoms with Crippen molar-refractivity contribution in [1.82, 2.24) is 4.90 Å². The monoisotopic (exact) mass is 209 g/mol. The molecule has 0 aromatic rings. The summed E-state index contributed by atoms with van der Waals surface area (Å²) >= 11 is 0. The zero-order chi connectivity index (χ0) is 10.5. The smallest absolute Gasteiger partial charge is 0.113 e. The number of hydrogen-bond acceptors (Lipinski definition) is 2. The topological polar surface area (TPSA) is 12.5 Å². The molecule has 0 N–H and O–H groups in total. The van der Waals surface area contributed by atoms with Gasteiger partial charge in [0, 0.05) is 12.5 Å². The fourth-order valence-corrected chi connectivity index (χ4v) is 2.67. The van der Waals surface area contributed by atoms with Gasteiger partial charge in [0.15, 0.2) is 0 Å². The van der Waals surface area contributed by atoms with E-state index in [-0.39, 0.29) is 0 Å². The SMILES string of the molecule is CCC1CC=COC1CN1CCCCC1. The molecule has 0 aliphatic carbocycles. The highest BCUT2D eigenvalue weighted by molar-refractivity contribution is 4.89. The minimum atomic E-state index is 0.443. The van der Waals surface area contributed by atoms with Crippen LogP contribution in [-0.2, 0) is 4.74 Å². The molecule has 0 amide bonds. The fraction of sp³-hybridized carbons (Fsp3) is 0.846. The Labute approximate surface area is 93.3 Å². The Balaban J connectivity index is 1.83. The highest BCUT2D eigenvalue weighted by atomic mass is 16.5. The van der Waals surface area contributed by atoms with Crippen LogP contribution in [0.15, 0.2) is 12.3 Å². The molecule has 0 bridgehead atoms. The summed E-state index contributed by atoms with van der Waals surface area (Å²) in [6.45, 7) is 5.97. The maximum absolute atomic E-state index is 5.76. The van der Waals surface area contributed by atoms with Crippen molar-refractivity contribution in [2.75, 3.05) is 19.6 Å². The third kappa shape index (κ3) is 2.97. The number of nitrogens with zero attached hydrogens (tertiary/aromatic N) is 1. The van der Waals surface area contributed by atoms with E-state index in [1.165, 1.54) is 45.2 Å². The van der Waals surface area contributed by atoms with Crippen LogP contribution in [0.25, 0.3) is 0 Å². The summed E-state index contributed by atoms with van der Waals surface area (Å²) in [5.74, 6) is 0.733. The maximum atomic E-state index is 5.76. The molecule has 2 aliphatic heterocycles. The van der Waals surface area contributed by atoms with Crippen LogP contribution >= 0.6 is 0 Å². The summed E-state index contributed by atoms with van der Waals surface area (Å²) in [4.78, 5) is 2.58. The molecule has 0 saturated carbocycles. The van der Waals surface area contributed by atoms with Crippen LogP contribution in [0.2, 0.25) is 0 Å². The molecule has 86 valence electrons. The molecule has 2 aliphatic rings. The summed E-state index contributed by atoms with van der Waals surface area (Å²) in [5.41, 5.74) is 0. The van der Waals surface area contributed by atoms with Crippen molar-refractivity contribution in [2.24, 2.45) is 5.92 Å². The predicted octanol–water partition coefficient (Wildman–Crippen LogP) is 2.80. The summed E-state index contributed by atoms with van der Waals surface area (Å²) in [6, 6.07) is 0. The zero-order valence-electron chi connectivity index (χ0n) is 9.82. The molecule has 0 radical (unpaired) electrons. The van der Waals surface area contributed by atoms with Crippen molar-refractivity contribution in [3.05, 3.63) is 12.3 Å². The average molecular weight is 209 g/mol. The summed E-state index contributed by atoms with van der Waals surface area (Å²) in [5, 5.41) is 0. The summed E-state index contributed by atoms with van der Waals surface area (Å²) < 4.78 is 5.76. The van der Waals surface area contributed by atoms with E-state index < -0.39 is 0 Å². The Morgan fingerprint density at radius 2 is 2.07 bits per heavy atom. The van der Waals surface area contributed by atoms with Gasteiger partial charge in [-0.15, -0.1) is 0 Å². The molecule has 2 heteroatoms. The van der Waals surface area contributed by atoms with Crippen molar-refractivity contribution in [1.29, 1.82) is 0 Å². The highest BCUT2D eigenvalue weighted by Gasteiger charge is 2.25. The lowest BCUT2D eigenvalue weighted by Gasteiger charge is -2.34. The molecule has 2 nitrogen and oxygen atoms in total. The van der Waals surface area contributed by atoms with Gasteiger partial charge >= 0.3 is 0 Å². The van der Waals surface area contributed by atoms with Gasteiger partial charge in [0.05, 0.1) is 6.26 Å². The third-order valence-corrected chi connectivity index (χ3v) is 3.73. The standard InChI is InChI=1S/C13H23NO/c1-2-12-7-6-10-15-13(12)11-14-8-4-3-5-9-14/h6,10,12-13H,2-5,7-9,11H2,1H3. The van der Waals surface area contributed by atoms with E-state index in [0.29, 0.717) is 6.10 Å². The van der Waals surface area contributed by atoms with E-state index >= 15 is 0 Å². The van der Waals surface area contributed by atoms with Crippen LogP contribution in [0.4, 0.5) is 0 Å². The Bertz CT molecular complexity index is 209. The van der Waals surface area contributed by atoms with Gasteiger partial charge in [0.25, 0.3) is 0 Å². The summed E-state index contributed by atoms with van der Waals surface area (Å²) in [7, 11) is 0. The first kappa shape index (κ1) is 11.0. The number of piperidine rings is 1. The van der Waals surface area contributed by atoms with E-state index in [2.05, 4.69) is 17.9 Å². The lowest BCUT2D eigenvalue weighted by molar-refractivity contribution is 0.0310. The Kier molecular flexibility index (Phi) is 4.07. The average Bonchev–Trinajstić information content (AvgIpc) is 2.31. The minimum absolute atomic E-state index is 0.443. The number of likely N-dealkylation sites (tertiary alicyclic amines) is 1. The predicted molar refractivity (Wildman–Crippen MR) is 62.7 cm³/mol. The quantitative estimate of drug-likeness (QED) is 0.708. The second-order valence-corrected chi connectivity index (χ2v) is 4.81. The Hall–Kier alpha value is -0.500. The molecule has 0 aromatic heterocycles. The van der Waals surface area contributed by atoms with Gasteiger partial charge in [-0.25, -0.2) is 0 Å². The van der Waals surface area contributed by atoms with Crippen LogP contribution in [-0.4, -0.2) is 30.6 Å². The fourth-order valence-electron chi connectivity index (χ4n) is 2.67. The van der Waals surface area contributed by atoms with Crippen LogP contribution in [0.1, 0.15) is 39.0 Å². The zero-order valence-corrected chi connectivity index (χ0v) is 9.82. The van der Waals surface area contributed by atoms with Gasteiger partial charge in [-0.05, 0) is 44.8 Å². The maximum Gasteiger partial charge on any atom is 0.113 e. The van der Waals surface area contributed by atoms with Crippen LogP contribution < -0.4 is 0 Å². The highest BCUT2D eigenvalue weighted by Crippen LogP contribution is 2.23. The number of rotatable bonds is 3. The molecule has 2 heterocycles. The second-order valence-electron chi connectivity index (χ2n) is 4.81. The Morgan fingerprint density at radius 3 is 2.80 bits per heavy atom. The lowest BCUT2D eigenvalue weighted by Crippen LogP contribution is -2.40. The van der Waals surface area contributed by atoms with Crippen LogP contribution in [0, 0.1) is 5.92 Å². The number of allylic oxidation sites excluding steroid dienone is 1.